The van der Waals surface area contributed by atoms with E-state index in [9.17, 15) is 9.90 Å². The van der Waals surface area contributed by atoms with Gasteiger partial charge in [-0.3, -0.25) is 4.79 Å². The van der Waals surface area contributed by atoms with E-state index in [1.54, 1.807) is 6.20 Å². The Hall–Kier alpha value is -1.21. The fourth-order valence-corrected chi connectivity index (χ4v) is 2.43. The zero-order valence-electron chi connectivity index (χ0n) is 9.14. The van der Waals surface area contributed by atoms with Crippen LogP contribution in [0.25, 0.3) is 0 Å². The molecule has 2 heterocycles. The minimum atomic E-state index is -1.47. The molecule has 0 aliphatic carbocycles. The third-order valence-corrected chi connectivity index (χ3v) is 3.44. The lowest BCUT2D eigenvalue weighted by Crippen LogP contribution is -2.56. The molecule has 0 aromatic carbocycles. The molecule has 2 rings (SSSR count). The lowest BCUT2D eigenvalue weighted by atomic mass is 9.92. The number of anilines is 1. The molecule has 0 radical (unpaired) electrons. The largest absolute Gasteiger partial charge is 0.378 e. The Labute approximate surface area is 107 Å². The van der Waals surface area contributed by atoms with Crippen molar-refractivity contribution in [1.82, 2.24) is 9.97 Å². The van der Waals surface area contributed by atoms with Crippen molar-refractivity contribution in [2.75, 3.05) is 18.0 Å². The number of aromatic nitrogens is 2. The van der Waals surface area contributed by atoms with Crippen molar-refractivity contribution in [3.63, 3.8) is 0 Å². The Bertz CT molecular complexity index is 442. The minimum absolute atomic E-state index is 0.165. The van der Waals surface area contributed by atoms with E-state index in [1.165, 1.54) is 6.33 Å². The van der Waals surface area contributed by atoms with Gasteiger partial charge in [-0.1, -0.05) is 0 Å². The normalized spacial score (nSPS) is 24.7. The summed E-state index contributed by atoms with van der Waals surface area (Å²) in [5, 5.41) is 10.1. The van der Waals surface area contributed by atoms with Crippen molar-refractivity contribution in [3.05, 3.63) is 17.0 Å². The Balaban J connectivity index is 2.24. The van der Waals surface area contributed by atoms with Gasteiger partial charge in [-0.15, -0.1) is 0 Å². The van der Waals surface area contributed by atoms with Crippen molar-refractivity contribution in [2.24, 2.45) is 5.73 Å². The summed E-state index contributed by atoms with van der Waals surface area (Å²) in [6.45, 7) is 0.892. The third kappa shape index (κ3) is 2.39. The quantitative estimate of drug-likeness (QED) is 0.805. The molecule has 1 aliphatic heterocycles. The SMILES string of the molecule is NC(=O)[C@@]1(O)CCCN(c2ncncc2Br)C1. The third-order valence-electron chi connectivity index (χ3n) is 2.88. The predicted molar refractivity (Wildman–Crippen MR) is 65.3 cm³/mol. The van der Waals surface area contributed by atoms with Crippen molar-refractivity contribution in [2.45, 2.75) is 18.4 Å². The van der Waals surface area contributed by atoms with E-state index in [-0.39, 0.29) is 6.54 Å². The van der Waals surface area contributed by atoms with Crippen LogP contribution in [0, 0.1) is 0 Å². The van der Waals surface area contributed by atoms with E-state index in [2.05, 4.69) is 25.9 Å². The lowest BCUT2D eigenvalue weighted by Gasteiger charge is -2.37. The minimum Gasteiger partial charge on any atom is -0.378 e. The number of nitrogens with zero attached hydrogens (tertiary/aromatic N) is 3. The lowest BCUT2D eigenvalue weighted by molar-refractivity contribution is -0.137. The molecule has 7 heteroatoms. The maximum Gasteiger partial charge on any atom is 0.251 e. The second-order valence-electron chi connectivity index (χ2n) is 4.12. The number of nitrogens with two attached hydrogens (primary N) is 1. The van der Waals surface area contributed by atoms with Crippen molar-refractivity contribution >= 4 is 27.7 Å². The molecular weight excluding hydrogens is 288 g/mol. The maximum atomic E-state index is 11.2. The number of carbonyl (C=O) groups excluding carboxylic acids is 1. The molecule has 0 spiro atoms. The van der Waals surface area contributed by atoms with Crippen LogP contribution in [0.5, 0.6) is 0 Å². The molecule has 1 amide bonds. The number of aliphatic hydroxyl groups is 1. The first kappa shape index (κ1) is 12.3. The number of hydrogen-bond acceptors (Lipinski definition) is 5. The number of piperidine rings is 1. The van der Waals surface area contributed by atoms with Crippen LogP contribution >= 0.6 is 15.9 Å². The Morgan fingerprint density at radius 1 is 1.65 bits per heavy atom. The summed E-state index contributed by atoms with van der Waals surface area (Å²) in [4.78, 5) is 21.1. The van der Waals surface area contributed by atoms with Crippen molar-refractivity contribution in [3.8, 4) is 0 Å². The highest BCUT2D eigenvalue weighted by atomic mass is 79.9. The molecule has 1 aliphatic rings. The first-order chi connectivity index (χ1) is 8.03. The molecule has 0 saturated carbocycles. The van der Waals surface area contributed by atoms with Gasteiger partial charge in [0.05, 0.1) is 11.0 Å². The molecule has 1 aromatic heterocycles. The van der Waals surface area contributed by atoms with Gasteiger partial charge in [0.25, 0.3) is 5.91 Å². The molecule has 1 saturated heterocycles. The fourth-order valence-electron chi connectivity index (χ4n) is 1.96. The zero-order valence-corrected chi connectivity index (χ0v) is 10.7. The first-order valence-electron chi connectivity index (χ1n) is 5.26. The Morgan fingerprint density at radius 3 is 3.06 bits per heavy atom. The highest BCUT2D eigenvalue weighted by Crippen LogP contribution is 2.28. The number of hydrogen-bond donors (Lipinski definition) is 2. The second kappa shape index (κ2) is 4.58. The van der Waals surface area contributed by atoms with Crippen LogP contribution in [-0.4, -0.2) is 39.7 Å². The zero-order chi connectivity index (χ0) is 12.5. The van der Waals surface area contributed by atoms with Gasteiger partial charge in [0.15, 0.2) is 5.60 Å². The van der Waals surface area contributed by atoms with E-state index < -0.39 is 11.5 Å². The monoisotopic (exact) mass is 300 g/mol. The van der Waals surface area contributed by atoms with Gasteiger partial charge in [0, 0.05) is 12.7 Å². The van der Waals surface area contributed by atoms with Gasteiger partial charge in [0.1, 0.15) is 12.1 Å². The Kier molecular flexibility index (Phi) is 3.30. The maximum absolute atomic E-state index is 11.2. The van der Waals surface area contributed by atoms with Crippen molar-refractivity contribution in [1.29, 1.82) is 0 Å². The summed E-state index contributed by atoms with van der Waals surface area (Å²) < 4.78 is 0.730. The van der Waals surface area contributed by atoms with Crippen LogP contribution in [0.1, 0.15) is 12.8 Å². The summed E-state index contributed by atoms with van der Waals surface area (Å²) in [7, 11) is 0. The molecule has 92 valence electrons. The van der Waals surface area contributed by atoms with Crippen LogP contribution in [0.4, 0.5) is 5.82 Å². The van der Waals surface area contributed by atoms with Crippen LogP contribution in [0.15, 0.2) is 17.0 Å². The summed E-state index contributed by atoms with van der Waals surface area (Å²) in [5.74, 6) is -0.0215. The van der Waals surface area contributed by atoms with E-state index in [4.69, 9.17) is 5.73 Å². The summed E-state index contributed by atoms with van der Waals surface area (Å²) in [5.41, 5.74) is 3.75. The second-order valence-corrected chi connectivity index (χ2v) is 4.97. The highest BCUT2D eigenvalue weighted by molar-refractivity contribution is 9.10. The topological polar surface area (TPSA) is 92.3 Å². The molecule has 1 fully saturated rings. The van der Waals surface area contributed by atoms with Crippen molar-refractivity contribution < 1.29 is 9.90 Å². The fraction of sp³-hybridized carbons (Fsp3) is 0.500. The number of primary amides is 1. The molecule has 1 atom stereocenters. The number of carbonyl (C=O) groups is 1. The van der Waals surface area contributed by atoms with E-state index in [0.717, 1.165) is 11.0 Å². The van der Waals surface area contributed by atoms with Crippen LogP contribution in [-0.2, 0) is 4.79 Å². The summed E-state index contributed by atoms with van der Waals surface area (Å²) in [6, 6.07) is 0. The number of amides is 1. The number of β-amino-alcohol motifs (C(OH)–C–C–N with tert-alkyl or cyclic N) is 1. The van der Waals surface area contributed by atoms with Gasteiger partial charge < -0.3 is 15.7 Å². The standard InChI is InChI=1S/C10H13BrN4O2/c11-7-4-13-6-14-8(7)15-3-1-2-10(17,5-15)9(12)16/h4,6,17H,1-3,5H2,(H2,12,16)/t10-/m1/s1. The Morgan fingerprint density at radius 2 is 2.41 bits per heavy atom. The van der Waals surface area contributed by atoms with Gasteiger partial charge in [-0.2, -0.15) is 0 Å². The summed E-state index contributed by atoms with van der Waals surface area (Å²) in [6.07, 6.45) is 4.13. The average Bonchev–Trinajstić information content (AvgIpc) is 2.29. The molecule has 0 bridgehead atoms. The molecule has 3 N–H and O–H groups in total. The van der Waals surface area contributed by atoms with Crippen LogP contribution in [0.2, 0.25) is 0 Å². The molecule has 1 aromatic rings. The number of rotatable bonds is 2. The average molecular weight is 301 g/mol. The van der Waals surface area contributed by atoms with Gasteiger partial charge >= 0.3 is 0 Å². The van der Waals surface area contributed by atoms with E-state index in [1.807, 2.05) is 4.90 Å². The smallest absolute Gasteiger partial charge is 0.251 e. The predicted octanol–water partition coefficient (Wildman–Crippen LogP) is 0.0557. The van der Waals surface area contributed by atoms with Gasteiger partial charge in [-0.05, 0) is 28.8 Å². The van der Waals surface area contributed by atoms with E-state index in [0.29, 0.717) is 18.7 Å². The molecule has 17 heavy (non-hydrogen) atoms. The van der Waals surface area contributed by atoms with Crippen LogP contribution < -0.4 is 10.6 Å². The van der Waals surface area contributed by atoms with Gasteiger partial charge in [0.2, 0.25) is 0 Å². The van der Waals surface area contributed by atoms with Gasteiger partial charge in [-0.25, -0.2) is 9.97 Å². The van der Waals surface area contributed by atoms with E-state index >= 15 is 0 Å². The first-order valence-corrected chi connectivity index (χ1v) is 6.05. The number of halogens is 1. The highest BCUT2D eigenvalue weighted by Gasteiger charge is 2.39. The van der Waals surface area contributed by atoms with Crippen LogP contribution in [0.3, 0.4) is 0 Å². The molecule has 6 nitrogen and oxygen atoms in total. The molecular formula is C10H13BrN4O2. The molecule has 0 unspecified atom stereocenters. The summed E-state index contributed by atoms with van der Waals surface area (Å²) >= 11 is 3.34.